The number of ether oxygens (including phenoxy) is 2. The van der Waals surface area contributed by atoms with Gasteiger partial charge in [0.2, 0.25) is 0 Å². The minimum Gasteiger partial charge on any atom is -0.453 e. The van der Waals surface area contributed by atoms with E-state index >= 15 is 0 Å². The summed E-state index contributed by atoms with van der Waals surface area (Å²) < 4.78 is 39.6. The van der Waals surface area contributed by atoms with Crippen LogP contribution in [0.4, 0.5) is 0 Å². The second-order valence-corrected chi connectivity index (χ2v) is 6.55. The van der Waals surface area contributed by atoms with Gasteiger partial charge in [-0.05, 0) is 11.1 Å². The van der Waals surface area contributed by atoms with Crippen molar-refractivity contribution in [2.75, 3.05) is 7.11 Å². The van der Waals surface area contributed by atoms with Crippen LogP contribution in [0.25, 0.3) is 11.1 Å². The molecule has 0 amide bonds. The number of rotatable bonds is 0. The molecule has 0 unspecified atom stereocenters. The summed E-state index contributed by atoms with van der Waals surface area (Å²) in [5.41, 5.74) is 2.82. The first kappa shape index (κ1) is 12.4. The average molecular weight is 301 g/mol. The minimum atomic E-state index is -3.93. The van der Waals surface area contributed by atoms with Crippen LogP contribution in [-0.4, -0.2) is 21.6 Å². The number of fused-ring (bicyclic) bond motifs is 5. The highest BCUT2D eigenvalue weighted by atomic mass is 32.2. The van der Waals surface area contributed by atoms with E-state index in [-0.39, 0.29) is 6.08 Å². The minimum absolute atomic E-state index is 0.235. The Labute approximate surface area is 121 Å². The SMILES string of the molecule is COC1=NS(=O)(=O)C2(O1)c1ccccc1-c1ccccc12. The fourth-order valence-electron chi connectivity index (χ4n) is 2.98. The number of methoxy groups -OCH3 is 1. The van der Waals surface area contributed by atoms with Crippen LogP contribution < -0.4 is 0 Å². The zero-order valence-electron chi connectivity index (χ0n) is 11.1. The zero-order valence-corrected chi connectivity index (χ0v) is 11.9. The second-order valence-electron chi connectivity index (χ2n) is 4.85. The lowest BCUT2D eigenvalue weighted by molar-refractivity contribution is 0.134. The van der Waals surface area contributed by atoms with Crippen molar-refractivity contribution >= 4 is 16.1 Å². The lowest BCUT2D eigenvalue weighted by Gasteiger charge is -2.23. The number of benzene rings is 2. The quantitative estimate of drug-likeness (QED) is 0.748. The molecule has 2 aromatic carbocycles. The van der Waals surface area contributed by atoms with Gasteiger partial charge in [0.1, 0.15) is 0 Å². The van der Waals surface area contributed by atoms with Crippen LogP contribution in [0.2, 0.25) is 0 Å². The summed E-state index contributed by atoms with van der Waals surface area (Å²) in [6.45, 7) is 0. The maximum Gasteiger partial charge on any atom is 0.401 e. The first-order valence-electron chi connectivity index (χ1n) is 6.37. The van der Waals surface area contributed by atoms with Gasteiger partial charge in [0, 0.05) is 11.1 Å². The molecule has 2 aliphatic rings. The molecule has 1 heterocycles. The summed E-state index contributed by atoms with van der Waals surface area (Å²) in [6, 6.07) is 14.6. The summed E-state index contributed by atoms with van der Waals surface area (Å²) in [6.07, 6.45) is -0.235. The third-order valence-electron chi connectivity index (χ3n) is 3.82. The van der Waals surface area contributed by atoms with Crippen molar-refractivity contribution in [1.29, 1.82) is 0 Å². The largest absolute Gasteiger partial charge is 0.453 e. The molecule has 1 aliphatic heterocycles. The van der Waals surface area contributed by atoms with Crippen molar-refractivity contribution < 1.29 is 17.9 Å². The van der Waals surface area contributed by atoms with E-state index in [2.05, 4.69) is 4.40 Å². The highest BCUT2D eigenvalue weighted by Gasteiger charge is 2.60. The fraction of sp³-hybridized carbons (Fsp3) is 0.133. The molecular formula is C15H11NO4S. The average Bonchev–Trinajstić information content (AvgIpc) is 2.94. The van der Waals surface area contributed by atoms with Crippen LogP contribution in [0.3, 0.4) is 0 Å². The van der Waals surface area contributed by atoms with Crippen molar-refractivity contribution in [2.45, 2.75) is 4.93 Å². The molecule has 0 N–H and O–H groups in total. The summed E-state index contributed by atoms with van der Waals surface area (Å²) >= 11 is 0. The molecule has 106 valence electrons. The molecule has 0 bridgehead atoms. The van der Waals surface area contributed by atoms with Crippen LogP contribution in [0.5, 0.6) is 0 Å². The predicted octanol–water partition coefficient (Wildman–Crippen LogP) is 2.23. The Morgan fingerprint density at radius 3 is 2.00 bits per heavy atom. The Morgan fingerprint density at radius 2 is 1.52 bits per heavy atom. The van der Waals surface area contributed by atoms with E-state index in [0.717, 1.165) is 11.1 Å². The van der Waals surface area contributed by atoms with Gasteiger partial charge in [-0.3, -0.25) is 0 Å². The standard InChI is InChI=1S/C15H11NO4S/c1-19-14-16-21(17,18)15(20-14)12-8-4-2-6-10(12)11-7-3-5-9-13(11)15/h2-9H,1H3. The zero-order chi connectivity index (χ0) is 14.7. The van der Waals surface area contributed by atoms with Gasteiger partial charge >= 0.3 is 16.1 Å². The van der Waals surface area contributed by atoms with E-state index in [9.17, 15) is 8.42 Å². The van der Waals surface area contributed by atoms with Crippen molar-refractivity contribution in [3.63, 3.8) is 0 Å². The smallest absolute Gasteiger partial charge is 0.401 e. The van der Waals surface area contributed by atoms with Crippen LogP contribution >= 0.6 is 0 Å². The highest BCUT2D eigenvalue weighted by Crippen LogP contribution is 2.55. The Morgan fingerprint density at radius 1 is 1.00 bits per heavy atom. The fourth-order valence-corrected chi connectivity index (χ4v) is 4.50. The van der Waals surface area contributed by atoms with Crippen LogP contribution in [0, 0.1) is 0 Å². The molecular weight excluding hydrogens is 290 g/mol. The third kappa shape index (κ3) is 1.35. The molecule has 4 rings (SSSR count). The van der Waals surface area contributed by atoms with Gasteiger partial charge in [0.05, 0.1) is 7.11 Å². The summed E-state index contributed by atoms with van der Waals surface area (Å²) in [5, 5.41) is 0. The Bertz CT molecular complexity index is 841. The van der Waals surface area contributed by atoms with Crippen LogP contribution in [0.15, 0.2) is 52.9 Å². The van der Waals surface area contributed by atoms with Gasteiger partial charge in [0.25, 0.3) is 4.93 Å². The van der Waals surface area contributed by atoms with E-state index in [0.29, 0.717) is 11.1 Å². The maximum absolute atomic E-state index is 12.7. The van der Waals surface area contributed by atoms with E-state index in [1.54, 1.807) is 24.3 Å². The highest BCUT2D eigenvalue weighted by molar-refractivity contribution is 7.91. The number of sulfonamides is 1. The van der Waals surface area contributed by atoms with Crippen molar-refractivity contribution in [2.24, 2.45) is 4.40 Å². The maximum atomic E-state index is 12.7. The molecule has 6 heteroatoms. The normalized spacial score (nSPS) is 19.6. The summed E-state index contributed by atoms with van der Waals surface area (Å²) in [7, 11) is -2.60. The molecule has 0 aromatic heterocycles. The molecule has 0 radical (unpaired) electrons. The predicted molar refractivity (Wildman–Crippen MR) is 77.1 cm³/mol. The molecule has 0 fully saturated rings. The number of hydrogen-bond donors (Lipinski definition) is 0. The third-order valence-corrected chi connectivity index (χ3v) is 5.46. The first-order chi connectivity index (χ1) is 10.1. The van der Waals surface area contributed by atoms with Gasteiger partial charge in [-0.15, -0.1) is 0 Å². The van der Waals surface area contributed by atoms with Gasteiger partial charge in [-0.1, -0.05) is 52.9 Å². The molecule has 0 saturated carbocycles. The molecule has 5 nitrogen and oxygen atoms in total. The molecule has 0 saturated heterocycles. The first-order valence-corrected chi connectivity index (χ1v) is 7.81. The molecule has 1 spiro atoms. The number of hydrogen-bond acceptors (Lipinski definition) is 4. The Kier molecular flexibility index (Phi) is 2.28. The topological polar surface area (TPSA) is 65.0 Å². The number of nitrogens with zero attached hydrogens (tertiary/aromatic N) is 1. The van der Waals surface area contributed by atoms with E-state index < -0.39 is 15.0 Å². The molecule has 21 heavy (non-hydrogen) atoms. The second kappa shape index (κ2) is 3.85. The van der Waals surface area contributed by atoms with Crippen molar-refractivity contribution in [1.82, 2.24) is 0 Å². The van der Waals surface area contributed by atoms with Gasteiger partial charge in [-0.2, -0.15) is 8.42 Å². The Hall–Kier alpha value is -2.34. The lowest BCUT2D eigenvalue weighted by Crippen LogP contribution is -2.33. The molecule has 0 atom stereocenters. The summed E-state index contributed by atoms with van der Waals surface area (Å²) in [5.74, 6) is 0. The lowest BCUT2D eigenvalue weighted by atomic mass is 10.1. The van der Waals surface area contributed by atoms with Crippen molar-refractivity contribution in [3.05, 3.63) is 59.7 Å². The van der Waals surface area contributed by atoms with Gasteiger partial charge in [0.15, 0.2) is 0 Å². The monoisotopic (exact) mass is 301 g/mol. The summed E-state index contributed by atoms with van der Waals surface area (Å²) in [4.78, 5) is -1.63. The van der Waals surface area contributed by atoms with E-state index in [1.807, 2.05) is 24.3 Å². The van der Waals surface area contributed by atoms with Crippen molar-refractivity contribution in [3.8, 4) is 11.1 Å². The molecule has 2 aromatic rings. The van der Waals surface area contributed by atoms with Gasteiger partial charge < -0.3 is 9.47 Å². The Balaban J connectivity index is 2.12. The van der Waals surface area contributed by atoms with Crippen LogP contribution in [-0.2, 0) is 24.4 Å². The van der Waals surface area contributed by atoms with E-state index in [4.69, 9.17) is 9.47 Å². The van der Waals surface area contributed by atoms with Crippen LogP contribution in [0.1, 0.15) is 11.1 Å². The van der Waals surface area contributed by atoms with E-state index in [1.165, 1.54) is 7.11 Å². The van der Waals surface area contributed by atoms with Gasteiger partial charge in [-0.25, -0.2) is 0 Å². The molecule has 1 aliphatic carbocycles.